The molecule has 4 heterocycles. The molecule has 0 amide bonds. The number of hydrogen-bond donors (Lipinski definition) is 0. The number of Topliss-reactive ketones (excluding diaryl/α,β-unsaturated/α-hetero) is 3. The average molecular weight is 1920 g/mol. The predicted octanol–water partition coefficient (Wildman–Crippen LogP) is 26.0. The maximum atomic E-state index is 14.5. The van der Waals surface area contributed by atoms with Crippen molar-refractivity contribution in [2.75, 3.05) is 26.4 Å². The van der Waals surface area contributed by atoms with Crippen molar-refractivity contribution in [3.8, 4) is 0 Å². The second kappa shape index (κ2) is 46.2. The third-order valence-electron chi connectivity index (χ3n) is 21.9. The van der Waals surface area contributed by atoms with Crippen molar-refractivity contribution in [2.45, 2.75) is 176 Å². The Balaban J connectivity index is 0.000000211. The third kappa shape index (κ3) is 25.1. The molecule has 0 spiro atoms. The van der Waals surface area contributed by atoms with Gasteiger partial charge in [0.05, 0.1) is 71.5 Å². The maximum Gasteiger partial charge on any atom is 0.341 e. The van der Waals surface area contributed by atoms with Gasteiger partial charge >= 0.3 is 35.2 Å². The Hall–Kier alpha value is -11.8. The van der Waals surface area contributed by atoms with Crippen LogP contribution >= 0.6 is 66.4 Å². The second-order valence-corrected chi connectivity index (χ2v) is 36.2. The van der Waals surface area contributed by atoms with Crippen LogP contribution in [0.25, 0.3) is 20.7 Å². The van der Waals surface area contributed by atoms with Gasteiger partial charge in [-0.25, -0.2) is 53.0 Å². The quantitative estimate of drug-likeness (QED) is 0.00625. The maximum absolute atomic E-state index is 14.5. The van der Waals surface area contributed by atoms with Crippen LogP contribution in [0.3, 0.4) is 0 Å². The first-order valence-electron chi connectivity index (χ1n) is 41.3. The van der Waals surface area contributed by atoms with Crippen molar-refractivity contribution in [1.82, 2.24) is 15.0 Å². The first-order valence-corrected chi connectivity index (χ1v) is 44.4. The van der Waals surface area contributed by atoms with E-state index in [0.717, 1.165) is 54.7 Å². The minimum atomic E-state index is -1.04. The fraction of sp³-hybridized carbons (Fsp3) is 0.317. The van der Waals surface area contributed by atoms with Crippen LogP contribution in [-0.4, -0.2) is 87.5 Å². The molecule has 0 fully saturated rings. The minimum Gasteiger partial charge on any atom is -0.462 e. The smallest absolute Gasteiger partial charge is 0.341 e. The summed E-state index contributed by atoms with van der Waals surface area (Å²) in [6.45, 7) is 46.7. The Morgan fingerprint density at radius 1 is 0.562 bits per heavy atom. The number of carbonyl (C=O) groups excluding carboxylic acids is 7. The molecule has 0 bridgehead atoms. The van der Waals surface area contributed by atoms with Gasteiger partial charge in [0.1, 0.15) is 32.5 Å². The second-order valence-electron chi connectivity index (χ2n) is 32.4. The van der Waals surface area contributed by atoms with Crippen molar-refractivity contribution in [1.29, 1.82) is 0 Å². The van der Waals surface area contributed by atoms with Crippen molar-refractivity contribution in [2.24, 2.45) is 5.92 Å². The first kappa shape index (κ1) is 103. The van der Waals surface area contributed by atoms with Gasteiger partial charge in [0.15, 0.2) is 26.9 Å². The number of aromatic nitrogens is 3. The fourth-order valence-corrected chi connectivity index (χ4v) is 17.8. The summed E-state index contributed by atoms with van der Waals surface area (Å²) in [5, 5.41) is 12.1. The molecule has 4 aromatic heterocycles. The van der Waals surface area contributed by atoms with E-state index in [2.05, 4.69) is 68.7 Å². The number of hydrogen-bond acceptors (Lipinski definition) is 19. The number of ether oxygens (including phenoxy) is 4. The molecule has 128 heavy (non-hydrogen) atoms. The summed E-state index contributed by atoms with van der Waals surface area (Å²) in [6, 6.07) is 54.2. The molecular formula is C101H103Br2Cl2FN6O15S. The van der Waals surface area contributed by atoms with Gasteiger partial charge in [-0.1, -0.05) is 217 Å². The summed E-state index contributed by atoms with van der Waals surface area (Å²) in [5.74, 6) is -2.14. The lowest BCUT2D eigenvalue weighted by molar-refractivity contribution is -0.386. The number of halogens is 5. The minimum absolute atomic E-state index is 0.0281. The van der Waals surface area contributed by atoms with Crippen LogP contribution in [0.15, 0.2) is 230 Å². The van der Waals surface area contributed by atoms with Gasteiger partial charge in [-0.15, -0.1) is 11.3 Å². The van der Waals surface area contributed by atoms with Gasteiger partial charge < -0.3 is 23.4 Å². The highest BCUT2D eigenvalue weighted by Crippen LogP contribution is 2.45. The van der Waals surface area contributed by atoms with Gasteiger partial charge in [0.2, 0.25) is 5.15 Å². The van der Waals surface area contributed by atoms with Crippen LogP contribution < -0.4 is 5.63 Å². The zero-order valence-electron chi connectivity index (χ0n) is 74.5. The van der Waals surface area contributed by atoms with Crippen LogP contribution in [0.5, 0.6) is 0 Å². The highest BCUT2D eigenvalue weighted by atomic mass is 79.9. The SMILES string of the molecule is CC(C)(C(=O)c1ccccc1)c1sc(Br)nc1Br.CC(C)(c1ccnc(Cl)c1[N+](=O)[O-])C1C=CCCC1.CCOC(=O)c1c(C(C)(C)C(=O)CC)ccnc1Cl.CCOC(=O)c1ccc(C(C)(C)c2cc3ccccc3oc2=O)cc1.[C-]#[N+]c1ccc(C(C)(C)c2c(F)cccc2C(=O)OCC)cc1.[C-]#[N+]c1cccc(C(=O)OCC)c1C(C)(C)C(=O)c1ccccc1. The van der Waals surface area contributed by atoms with E-state index < -0.39 is 55.7 Å². The van der Waals surface area contributed by atoms with Crippen molar-refractivity contribution >= 4 is 136 Å². The topological polar surface area (TPSA) is 277 Å². The molecule has 0 aliphatic heterocycles. The van der Waals surface area contributed by atoms with Crippen LogP contribution in [0.2, 0.25) is 10.3 Å². The molecule has 668 valence electrons. The molecule has 0 radical (unpaired) electrons. The summed E-state index contributed by atoms with van der Waals surface area (Å²) in [7, 11) is 0. The van der Waals surface area contributed by atoms with Gasteiger partial charge in [-0.3, -0.25) is 24.5 Å². The summed E-state index contributed by atoms with van der Waals surface area (Å²) in [5.41, 5.74) is 3.57. The van der Waals surface area contributed by atoms with E-state index in [1.165, 1.54) is 29.7 Å². The Kier molecular flexibility index (Phi) is 37.3. The molecule has 12 rings (SSSR count). The molecule has 1 unspecified atom stereocenters. The Morgan fingerprint density at radius 3 is 1.58 bits per heavy atom. The summed E-state index contributed by atoms with van der Waals surface area (Å²) in [6.07, 6.45) is 11.0. The molecule has 0 saturated carbocycles. The van der Waals surface area contributed by atoms with E-state index in [1.54, 1.807) is 172 Å². The molecule has 1 aliphatic rings. The number of fused-ring (bicyclic) bond motifs is 1. The standard InChI is InChI=1S/C21H20O4.C20H19NO3.C19H18FNO2.C14H17ClN2O2.C14H18ClNO3.C13H11Br2NOS/c1-4-24-19(22)14-9-11-16(12-10-14)21(2,3)17-13-15-7-5-6-8-18(15)25-20(17)23;1-5-24-19(23)15-12-9-13-16(21-4)17(15)20(2,3)18(22)14-10-7-6-8-11-14;1-5-23-18(22)15-7-6-8-16(20)17(15)19(2,3)13-9-11-14(21-4)12-10-13;1-14(2,10-6-4-3-5-7-10)11-8-9-16-13(15)12(11)17(18)19;1-5-10(17)14(3,4)9-7-8-16-12(15)11(9)13(18)19-6-2;1-13(2,10-11(14)16-12(15)18-10)9(17)8-6-4-3-5-7-8/h5-13H,4H2,1-3H3;6-13H,5H2,1-3H3;6-12H,5H2,1-3H3;4,6,8-10H,3,5,7H2,1-2H3;7-8H,5-6H2,1-4H3;3-7H,1-2H3. The molecular weight excluding hydrogens is 1820 g/mol. The van der Waals surface area contributed by atoms with Gasteiger partial charge in [0, 0.05) is 79.1 Å². The molecule has 7 aromatic carbocycles. The first-order chi connectivity index (χ1) is 60.5. The molecule has 21 nitrogen and oxygen atoms in total. The highest BCUT2D eigenvalue weighted by molar-refractivity contribution is 9.11. The molecule has 1 aliphatic carbocycles. The Labute approximate surface area is 777 Å². The number of rotatable bonds is 24. The number of carbonyl (C=O) groups is 7. The van der Waals surface area contributed by atoms with Gasteiger partial charge in [-0.2, -0.15) is 0 Å². The van der Waals surface area contributed by atoms with Gasteiger partial charge in [0.25, 0.3) is 0 Å². The molecule has 11 aromatic rings. The lowest BCUT2D eigenvalue weighted by Gasteiger charge is -2.34. The van der Waals surface area contributed by atoms with Gasteiger partial charge in [-0.05, 0) is 203 Å². The number of nitrogens with zero attached hydrogens (tertiary/aromatic N) is 6. The van der Waals surface area contributed by atoms with E-state index in [9.17, 15) is 52.9 Å². The number of ketones is 3. The van der Waals surface area contributed by atoms with E-state index >= 15 is 0 Å². The number of allylic oxidation sites excluding steroid dienone is 2. The van der Waals surface area contributed by atoms with Crippen LogP contribution in [0, 0.1) is 35.0 Å². The normalized spacial score (nSPS) is 12.4. The van der Waals surface area contributed by atoms with Crippen LogP contribution in [-0.2, 0) is 56.2 Å². The lowest BCUT2D eigenvalue weighted by atomic mass is 9.69. The Morgan fingerprint density at radius 2 is 1.06 bits per heavy atom. The number of nitro groups is 1. The number of benzene rings is 7. The largest absolute Gasteiger partial charge is 0.462 e. The fourth-order valence-electron chi connectivity index (χ4n) is 14.7. The monoisotopic (exact) mass is 1920 g/mol. The van der Waals surface area contributed by atoms with E-state index in [4.69, 9.17) is 59.7 Å². The van der Waals surface area contributed by atoms with Crippen molar-refractivity contribution < 1.29 is 66.2 Å². The predicted molar refractivity (Wildman–Crippen MR) is 507 cm³/mol. The van der Waals surface area contributed by atoms with E-state index in [-0.39, 0.29) is 92.6 Å². The number of esters is 4. The molecule has 0 saturated heterocycles. The zero-order valence-corrected chi connectivity index (χ0v) is 80.0. The van der Waals surface area contributed by atoms with Crippen molar-refractivity contribution in [3.63, 3.8) is 0 Å². The molecule has 27 heteroatoms. The van der Waals surface area contributed by atoms with E-state index in [1.807, 2.05) is 128 Å². The molecule has 0 N–H and O–H groups in total. The molecule has 1 atom stereocenters. The lowest BCUT2D eigenvalue weighted by Crippen LogP contribution is -2.31. The number of thiazole rings is 1. The van der Waals surface area contributed by atoms with Crippen LogP contribution in [0.1, 0.15) is 249 Å². The summed E-state index contributed by atoms with van der Waals surface area (Å²) in [4.78, 5) is 129. The van der Waals surface area contributed by atoms with Crippen molar-refractivity contribution in [3.05, 3.63) is 358 Å². The highest BCUT2D eigenvalue weighted by Gasteiger charge is 2.41. The zero-order chi connectivity index (χ0) is 94.8. The number of para-hydroxylation sites is 1. The average Bonchev–Trinajstić information content (AvgIpc) is 1.06. The summed E-state index contributed by atoms with van der Waals surface area (Å²) < 4.78 is 41.6. The van der Waals surface area contributed by atoms with Crippen LogP contribution in [0.4, 0.5) is 21.5 Å². The number of pyridine rings is 2. The van der Waals surface area contributed by atoms with E-state index in [0.29, 0.717) is 69.2 Å². The Bertz CT molecular complexity index is 6000. The summed E-state index contributed by atoms with van der Waals surface area (Å²) >= 11 is 20.1. The third-order valence-corrected chi connectivity index (χ3v) is 25.1.